The molecule has 3 aliphatic rings. The first-order chi connectivity index (χ1) is 21.0. The smallest absolute Gasteiger partial charge is 0.197 e. The molecule has 2 aliphatic carbocycles. The first kappa shape index (κ1) is 30.1. The van der Waals surface area contributed by atoms with E-state index in [9.17, 15) is 5.11 Å². The molecule has 1 aliphatic heterocycles. The number of ether oxygens (including phenoxy) is 1. The van der Waals surface area contributed by atoms with Crippen LogP contribution in [0.1, 0.15) is 86.1 Å². The summed E-state index contributed by atoms with van der Waals surface area (Å²) in [6.45, 7) is 4.66. The van der Waals surface area contributed by atoms with E-state index in [1.54, 1.807) is 11.3 Å². The summed E-state index contributed by atoms with van der Waals surface area (Å²) >= 11 is 1.78. The maximum absolute atomic E-state index is 11.0. The van der Waals surface area contributed by atoms with E-state index in [2.05, 4.69) is 27.8 Å². The average molecular weight is 602 g/mol. The molecule has 1 aromatic heterocycles. The van der Waals surface area contributed by atoms with Crippen molar-refractivity contribution in [2.24, 2.45) is 16.6 Å². The average Bonchev–Trinajstić information content (AvgIpc) is 3.44. The van der Waals surface area contributed by atoms with Crippen molar-refractivity contribution >= 4 is 23.0 Å². The Morgan fingerprint density at radius 2 is 1.81 bits per heavy atom. The Morgan fingerprint density at radius 3 is 2.58 bits per heavy atom. The minimum Gasteiger partial charge on any atom is -0.457 e. The molecular weight excluding hydrogens is 554 g/mol. The largest absolute Gasteiger partial charge is 0.457 e. The van der Waals surface area contributed by atoms with Gasteiger partial charge in [0.25, 0.3) is 0 Å². The van der Waals surface area contributed by atoms with Gasteiger partial charge in [0.05, 0.1) is 16.8 Å². The van der Waals surface area contributed by atoms with Crippen LogP contribution in [-0.2, 0) is 13.1 Å². The summed E-state index contributed by atoms with van der Waals surface area (Å²) in [4.78, 5) is 15.6. The van der Waals surface area contributed by atoms with Gasteiger partial charge in [-0.3, -0.25) is 4.90 Å². The minimum atomic E-state index is -0.245. The summed E-state index contributed by atoms with van der Waals surface area (Å²) < 4.78 is 6.16. The van der Waals surface area contributed by atoms with Crippen LogP contribution < -0.4 is 10.5 Å². The molecule has 0 amide bonds. The van der Waals surface area contributed by atoms with E-state index in [-0.39, 0.29) is 12.1 Å². The molecule has 0 saturated heterocycles. The molecule has 2 aromatic carbocycles. The molecule has 3 atom stereocenters. The second-order valence-electron chi connectivity index (χ2n) is 12.6. The molecule has 6 rings (SSSR count). The summed E-state index contributed by atoms with van der Waals surface area (Å²) in [7, 11) is 0. The van der Waals surface area contributed by atoms with Gasteiger partial charge in [-0.05, 0) is 88.2 Å². The third kappa shape index (κ3) is 7.59. The first-order valence-electron chi connectivity index (χ1n) is 16.3. The van der Waals surface area contributed by atoms with Crippen LogP contribution >= 0.6 is 11.3 Å². The number of rotatable bonds is 11. The number of aliphatic hydroxyl groups is 1. The molecule has 8 heteroatoms. The zero-order valence-corrected chi connectivity index (χ0v) is 26.4. The molecule has 7 nitrogen and oxygen atoms in total. The van der Waals surface area contributed by atoms with E-state index in [4.69, 9.17) is 15.5 Å². The number of hydrogen-bond acceptors (Lipinski definition) is 8. The Kier molecular flexibility index (Phi) is 9.96. The molecule has 0 bridgehead atoms. The molecular formula is C35H47N5O2S. The molecule has 0 spiro atoms. The summed E-state index contributed by atoms with van der Waals surface area (Å²) in [5, 5.41) is 12.1. The molecule has 43 heavy (non-hydrogen) atoms. The maximum atomic E-state index is 11.0. The molecule has 2 fully saturated rings. The Hall–Kier alpha value is -2.94. The van der Waals surface area contributed by atoms with Crippen LogP contribution in [0, 0.1) is 12.8 Å². The number of aryl methyl sites for hydroxylation is 1. The molecule has 2 saturated carbocycles. The van der Waals surface area contributed by atoms with Gasteiger partial charge >= 0.3 is 0 Å². The SMILES string of the molecule is Cc1ncc(CN(CCC[C@@H](C2CCCCC2)N2Cc3cc(Oc4ccccc4)ccc3N=C2N)[C@H]2CCCC[C@@H]2O)s1. The minimum absolute atomic E-state index is 0.223. The van der Waals surface area contributed by atoms with Crippen LogP contribution in [0.15, 0.2) is 59.7 Å². The number of nitrogens with two attached hydrogens (primary N) is 1. The van der Waals surface area contributed by atoms with Gasteiger partial charge in [-0.25, -0.2) is 9.98 Å². The molecule has 3 aromatic rings. The molecule has 2 heterocycles. The lowest BCUT2D eigenvalue weighted by molar-refractivity contribution is 0.0139. The van der Waals surface area contributed by atoms with Crippen LogP contribution in [-0.4, -0.2) is 50.6 Å². The molecule has 0 unspecified atom stereocenters. The highest BCUT2D eigenvalue weighted by Crippen LogP contribution is 2.37. The summed E-state index contributed by atoms with van der Waals surface area (Å²) in [6, 6.07) is 16.6. The third-order valence-electron chi connectivity index (χ3n) is 9.63. The van der Waals surface area contributed by atoms with E-state index >= 15 is 0 Å². The summed E-state index contributed by atoms with van der Waals surface area (Å²) in [5.41, 5.74) is 8.83. The number of guanidine groups is 1. The van der Waals surface area contributed by atoms with Crippen molar-refractivity contribution in [3.05, 3.63) is 70.2 Å². The number of aromatic nitrogens is 1. The van der Waals surface area contributed by atoms with Crippen molar-refractivity contribution < 1.29 is 9.84 Å². The Bertz CT molecular complexity index is 1360. The van der Waals surface area contributed by atoms with E-state index in [0.29, 0.717) is 17.9 Å². The zero-order chi connectivity index (χ0) is 29.6. The van der Waals surface area contributed by atoms with Crippen LogP contribution in [0.25, 0.3) is 0 Å². The van der Waals surface area contributed by atoms with Gasteiger partial charge in [0, 0.05) is 41.8 Å². The van der Waals surface area contributed by atoms with E-state index in [1.165, 1.54) is 43.4 Å². The van der Waals surface area contributed by atoms with E-state index in [1.807, 2.05) is 48.7 Å². The Morgan fingerprint density at radius 1 is 1.02 bits per heavy atom. The number of benzene rings is 2. The second-order valence-corrected chi connectivity index (χ2v) is 14.0. The van der Waals surface area contributed by atoms with Crippen LogP contribution in [0.5, 0.6) is 11.5 Å². The topological polar surface area (TPSA) is 87.2 Å². The van der Waals surface area contributed by atoms with Gasteiger partial charge in [-0.15, -0.1) is 11.3 Å². The fraction of sp³-hybridized carbons (Fsp3) is 0.543. The van der Waals surface area contributed by atoms with Gasteiger partial charge in [0.15, 0.2) is 5.96 Å². The lowest BCUT2D eigenvalue weighted by Crippen LogP contribution is -2.50. The van der Waals surface area contributed by atoms with Crippen molar-refractivity contribution in [1.82, 2.24) is 14.8 Å². The highest BCUT2D eigenvalue weighted by atomic mass is 32.1. The van der Waals surface area contributed by atoms with Gasteiger partial charge < -0.3 is 20.5 Å². The number of para-hydroxylation sites is 1. The highest BCUT2D eigenvalue weighted by molar-refractivity contribution is 7.11. The van der Waals surface area contributed by atoms with Crippen molar-refractivity contribution in [3.8, 4) is 11.5 Å². The maximum Gasteiger partial charge on any atom is 0.197 e. The lowest BCUT2D eigenvalue weighted by Gasteiger charge is -2.42. The fourth-order valence-corrected chi connectivity index (χ4v) is 8.27. The van der Waals surface area contributed by atoms with Gasteiger partial charge in [0.1, 0.15) is 11.5 Å². The van der Waals surface area contributed by atoms with E-state index < -0.39 is 0 Å². The number of hydrogen-bond donors (Lipinski definition) is 2. The van der Waals surface area contributed by atoms with Crippen LogP contribution in [0.4, 0.5) is 5.69 Å². The van der Waals surface area contributed by atoms with Crippen molar-refractivity contribution in [1.29, 1.82) is 0 Å². The first-order valence-corrected chi connectivity index (χ1v) is 17.1. The highest BCUT2D eigenvalue weighted by Gasteiger charge is 2.34. The molecule has 3 N–H and O–H groups in total. The predicted molar refractivity (Wildman–Crippen MR) is 175 cm³/mol. The lowest BCUT2D eigenvalue weighted by atomic mass is 9.81. The summed E-state index contributed by atoms with van der Waals surface area (Å²) in [5.74, 6) is 2.92. The summed E-state index contributed by atoms with van der Waals surface area (Å²) in [6.07, 6.45) is 14.6. The predicted octanol–water partition coefficient (Wildman–Crippen LogP) is 7.54. The number of aliphatic imine (C=N–C) groups is 1. The van der Waals surface area contributed by atoms with Crippen molar-refractivity contribution in [3.63, 3.8) is 0 Å². The van der Waals surface area contributed by atoms with Crippen LogP contribution in [0.3, 0.4) is 0 Å². The monoisotopic (exact) mass is 601 g/mol. The Balaban J connectivity index is 1.18. The van der Waals surface area contributed by atoms with Crippen molar-refractivity contribution in [2.75, 3.05) is 6.54 Å². The number of aliphatic hydroxyl groups excluding tert-OH is 1. The standard InChI is InChI=1S/C35H47N5O2S/c1-25-37-22-30(43-25)24-39(33-15-8-9-17-34(33)41)20-10-16-32(26-11-4-2-5-12-26)40-23-27-21-29(18-19-31(27)38-35(40)36)42-28-13-6-3-7-14-28/h3,6-7,13-14,18-19,21-22,26,32-34,41H,2,4-5,8-12,15-17,20,23-24H2,1H3,(H2,36,38)/t32-,33-,34-/m0/s1. The fourth-order valence-electron chi connectivity index (χ4n) is 7.45. The Labute approximate surface area is 260 Å². The number of thiazole rings is 1. The molecule has 0 radical (unpaired) electrons. The van der Waals surface area contributed by atoms with Gasteiger partial charge in [-0.2, -0.15) is 0 Å². The quantitative estimate of drug-likeness (QED) is 0.236. The van der Waals surface area contributed by atoms with Gasteiger partial charge in [0.2, 0.25) is 0 Å². The molecule has 230 valence electrons. The number of nitrogens with zero attached hydrogens (tertiary/aromatic N) is 4. The van der Waals surface area contributed by atoms with Gasteiger partial charge in [-0.1, -0.05) is 50.3 Å². The third-order valence-corrected chi connectivity index (χ3v) is 10.5. The normalized spacial score (nSPS) is 21.8. The van der Waals surface area contributed by atoms with E-state index in [0.717, 1.165) is 79.5 Å². The zero-order valence-electron chi connectivity index (χ0n) is 25.5. The second kappa shape index (κ2) is 14.2. The van der Waals surface area contributed by atoms with Crippen molar-refractivity contribution in [2.45, 2.75) is 109 Å². The van der Waals surface area contributed by atoms with Crippen LogP contribution in [0.2, 0.25) is 0 Å². The number of fused-ring (bicyclic) bond motifs is 1.